The summed E-state index contributed by atoms with van der Waals surface area (Å²) in [5.41, 5.74) is 1.76. The number of benzene rings is 1. The van der Waals surface area contributed by atoms with Crippen LogP contribution >= 0.6 is 0 Å². The molecule has 20 heavy (non-hydrogen) atoms. The average molecular weight is 271 g/mol. The van der Waals surface area contributed by atoms with Crippen LogP contribution in [0.5, 0.6) is 0 Å². The van der Waals surface area contributed by atoms with E-state index < -0.39 is 4.92 Å². The Morgan fingerprint density at radius 2 is 2.05 bits per heavy atom. The predicted octanol–water partition coefficient (Wildman–Crippen LogP) is 2.23. The first-order valence-electron chi connectivity index (χ1n) is 6.01. The van der Waals surface area contributed by atoms with Crippen LogP contribution in [-0.4, -0.2) is 15.8 Å². The Labute approximate surface area is 115 Å². The highest BCUT2D eigenvalue weighted by molar-refractivity contribution is 5.94. The fourth-order valence-corrected chi connectivity index (χ4v) is 1.73. The van der Waals surface area contributed by atoms with Crippen LogP contribution in [0.4, 0.5) is 5.69 Å². The number of pyridine rings is 1. The summed E-state index contributed by atoms with van der Waals surface area (Å²) in [5.74, 6) is -0.364. The second-order valence-electron chi connectivity index (χ2n) is 4.26. The molecule has 0 spiro atoms. The molecule has 102 valence electrons. The molecule has 0 saturated carbocycles. The molecule has 1 amide bonds. The maximum absolute atomic E-state index is 11.9. The van der Waals surface area contributed by atoms with Crippen molar-refractivity contribution in [1.82, 2.24) is 10.3 Å². The second-order valence-corrected chi connectivity index (χ2v) is 4.26. The number of carbonyl (C=O) groups excluding carboxylic acids is 1. The highest BCUT2D eigenvalue weighted by Crippen LogP contribution is 2.13. The summed E-state index contributed by atoms with van der Waals surface area (Å²) < 4.78 is 0. The number of hydrogen-bond acceptors (Lipinski definition) is 4. The van der Waals surface area contributed by atoms with Crippen LogP contribution in [0, 0.1) is 17.0 Å². The van der Waals surface area contributed by atoms with Crippen LogP contribution in [-0.2, 0) is 6.54 Å². The van der Waals surface area contributed by atoms with Gasteiger partial charge >= 0.3 is 0 Å². The number of aromatic nitrogens is 1. The van der Waals surface area contributed by atoms with E-state index in [1.807, 2.05) is 19.1 Å². The van der Waals surface area contributed by atoms with Gasteiger partial charge in [-0.1, -0.05) is 12.1 Å². The summed E-state index contributed by atoms with van der Waals surface area (Å²) in [4.78, 5) is 26.3. The van der Waals surface area contributed by atoms with Crippen molar-refractivity contribution < 1.29 is 9.72 Å². The first-order valence-corrected chi connectivity index (χ1v) is 6.01. The number of nitrogens with zero attached hydrogens (tertiary/aromatic N) is 2. The maximum Gasteiger partial charge on any atom is 0.270 e. The maximum atomic E-state index is 11.9. The zero-order chi connectivity index (χ0) is 14.5. The van der Waals surface area contributed by atoms with Crippen LogP contribution in [0.1, 0.15) is 21.7 Å². The molecule has 1 heterocycles. The Balaban J connectivity index is 2.05. The summed E-state index contributed by atoms with van der Waals surface area (Å²) in [5, 5.41) is 13.3. The fraction of sp³-hybridized carbons (Fsp3) is 0.143. The lowest BCUT2D eigenvalue weighted by Crippen LogP contribution is -2.23. The molecule has 1 aromatic heterocycles. The number of nitro groups is 1. The molecule has 0 aliphatic rings. The number of amides is 1. The highest BCUT2D eigenvalue weighted by atomic mass is 16.6. The number of rotatable bonds is 4. The number of aryl methyl sites for hydroxylation is 1. The number of non-ortho nitro benzene ring substituents is 1. The SMILES string of the molecule is Cc1cccc(CNC(=O)c2cccc([N+](=O)[O-])c2)n1. The van der Waals surface area contributed by atoms with Crippen molar-refractivity contribution in [3.63, 3.8) is 0 Å². The summed E-state index contributed by atoms with van der Waals surface area (Å²) in [6.07, 6.45) is 0. The highest BCUT2D eigenvalue weighted by Gasteiger charge is 2.11. The van der Waals surface area contributed by atoms with Gasteiger partial charge in [-0.25, -0.2) is 0 Å². The third kappa shape index (κ3) is 3.38. The summed E-state index contributed by atoms with van der Waals surface area (Å²) in [7, 11) is 0. The zero-order valence-corrected chi connectivity index (χ0v) is 10.9. The smallest absolute Gasteiger partial charge is 0.270 e. The number of hydrogen-bond donors (Lipinski definition) is 1. The van der Waals surface area contributed by atoms with Crippen molar-refractivity contribution >= 4 is 11.6 Å². The third-order valence-corrected chi connectivity index (χ3v) is 2.70. The molecule has 1 N–H and O–H groups in total. The number of nitro benzene ring substituents is 1. The van der Waals surface area contributed by atoms with Crippen LogP contribution in [0.2, 0.25) is 0 Å². The zero-order valence-electron chi connectivity index (χ0n) is 10.9. The van der Waals surface area contributed by atoms with Crippen LogP contribution < -0.4 is 5.32 Å². The summed E-state index contributed by atoms with van der Waals surface area (Å²) in [6.45, 7) is 2.15. The van der Waals surface area contributed by atoms with Crippen LogP contribution in [0.25, 0.3) is 0 Å². The Kier molecular flexibility index (Phi) is 4.05. The van der Waals surface area contributed by atoms with Gasteiger partial charge in [0.15, 0.2) is 0 Å². The molecule has 2 aromatic rings. The molecule has 2 rings (SSSR count). The van der Waals surface area contributed by atoms with Gasteiger partial charge in [-0.15, -0.1) is 0 Å². The molecule has 0 unspecified atom stereocenters. The van der Waals surface area contributed by atoms with Gasteiger partial charge in [-0.05, 0) is 25.1 Å². The van der Waals surface area contributed by atoms with Crippen molar-refractivity contribution in [3.8, 4) is 0 Å². The molecule has 0 fully saturated rings. The summed E-state index contributed by atoms with van der Waals surface area (Å²) in [6, 6.07) is 11.1. The fourth-order valence-electron chi connectivity index (χ4n) is 1.73. The number of carbonyl (C=O) groups is 1. The van der Waals surface area contributed by atoms with E-state index in [0.717, 1.165) is 11.4 Å². The Morgan fingerprint density at radius 1 is 1.30 bits per heavy atom. The Morgan fingerprint density at radius 3 is 2.75 bits per heavy atom. The average Bonchev–Trinajstić information content (AvgIpc) is 2.45. The minimum atomic E-state index is -0.529. The van der Waals surface area contributed by atoms with Gasteiger partial charge < -0.3 is 5.32 Å². The van der Waals surface area contributed by atoms with Gasteiger partial charge in [0.05, 0.1) is 17.2 Å². The lowest BCUT2D eigenvalue weighted by molar-refractivity contribution is -0.384. The molecule has 0 radical (unpaired) electrons. The lowest BCUT2D eigenvalue weighted by Gasteiger charge is -2.05. The predicted molar refractivity (Wildman–Crippen MR) is 73.2 cm³/mol. The van der Waals surface area contributed by atoms with Crippen molar-refractivity contribution in [2.24, 2.45) is 0 Å². The van der Waals surface area contributed by atoms with Crippen molar-refractivity contribution in [2.75, 3.05) is 0 Å². The molecule has 0 aliphatic carbocycles. The van der Waals surface area contributed by atoms with E-state index in [0.29, 0.717) is 0 Å². The molecule has 0 atom stereocenters. The first-order chi connectivity index (χ1) is 9.56. The quantitative estimate of drug-likeness (QED) is 0.682. The van der Waals surface area contributed by atoms with Crippen molar-refractivity contribution in [3.05, 3.63) is 69.5 Å². The molecule has 6 nitrogen and oxygen atoms in total. The minimum absolute atomic E-state index is 0.105. The van der Waals surface area contributed by atoms with Crippen LogP contribution in [0.15, 0.2) is 42.5 Å². The second kappa shape index (κ2) is 5.92. The van der Waals surface area contributed by atoms with E-state index in [4.69, 9.17) is 0 Å². The molecular weight excluding hydrogens is 258 g/mol. The molecule has 6 heteroatoms. The Hall–Kier alpha value is -2.76. The van der Waals surface area contributed by atoms with E-state index >= 15 is 0 Å². The number of nitrogens with one attached hydrogen (secondary N) is 1. The van der Waals surface area contributed by atoms with Gasteiger partial charge in [0.1, 0.15) is 0 Å². The first kappa shape index (κ1) is 13.7. The van der Waals surface area contributed by atoms with E-state index in [1.54, 1.807) is 6.07 Å². The topological polar surface area (TPSA) is 85.1 Å². The lowest BCUT2D eigenvalue weighted by atomic mass is 10.2. The van der Waals surface area contributed by atoms with Crippen LogP contribution in [0.3, 0.4) is 0 Å². The van der Waals surface area contributed by atoms with E-state index in [-0.39, 0.29) is 23.7 Å². The van der Waals surface area contributed by atoms with E-state index in [1.165, 1.54) is 24.3 Å². The molecule has 1 aromatic carbocycles. The van der Waals surface area contributed by atoms with Crippen molar-refractivity contribution in [2.45, 2.75) is 13.5 Å². The van der Waals surface area contributed by atoms with Gasteiger partial charge in [0.2, 0.25) is 0 Å². The largest absolute Gasteiger partial charge is 0.346 e. The molecule has 0 saturated heterocycles. The molecule has 0 bridgehead atoms. The van der Waals surface area contributed by atoms with Gasteiger partial charge in [-0.2, -0.15) is 0 Å². The van der Waals surface area contributed by atoms with Gasteiger partial charge in [-0.3, -0.25) is 19.9 Å². The third-order valence-electron chi connectivity index (χ3n) is 2.70. The molecular formula is C14H13N3O3. The minimum Gasteiger partial charge on any atom is -0.346 e. The molecule has 0 aliphatic heterocycles. The normalized spacial score (nSPS) is 10.1. The van der Waals surface area contributed by atoms with Gasteiger partial charge in [0.25, 0.3) is 11.6 Å². The monoisotopic (exact) mass is 271 g/mol. The van der Waals surface area contributed by atoms with Gasteiger partial charge in [0, 0.05) is 23.4 Å². The Bertz CT molecular complexity index is 656. The van der Waals surface area contributed by atoms with E-state index in [9.17, 15) is 14.9 Å². The summed E-state index contributed by atoms with van der Waals surface area (Å²) >= 11 is 0. The van der Waals surface area contributed by atoms with E-state index in [2.05, 4.69) is 10.3 Å². The van der Waals surface area contributed by atoms with Crippen molar-refractivity contribution in [1.29, 1.82) is 0 Å². The standard InChI is InChI=1S/C14H13N3O3/c1-10-4-2-6-12(16-10)9-15-14(18)11-5-3-7-13(8-11)17(19)20/h2-8H,9H2,1H3,(H,15,18).